The number of thiazole rings is 1. The minimum Gasteiger partial charge on any atom is -0.391 e. The SMILES string of the molecule is CC(O)CN=C1NC(N2CCOCC2)=NC(O)C1c1nc2ccccc2s1. The van der Waals surface area contributed by atoms with Crippen molar-refractivity contribution in [2.75, 3.05) is 32.8 Å². The molecule has 4 rings (SSSR count). The summed E-state index contributed by atoms with van der Waals surface area (Å²) in [5.74, 6) is 0.692. The molecule has 0 radical (unpaired) electrons. The quantitative estimate of drug-likeness (QED) is 0.717. The molecule has 0 spiro atoms. The standard InChI is InChI=1S/C18H23N5O3S/c1-11(24)10-19-15-14(17-20-12-4-2-3-5-13(12)27-17)16(25)22-18(21-15)23-6-8-26-9-7-23/h2-5,11,14,16,24-25H,6-10H2,1H3,(H,19,21,22). The Kier molecular flexibility index (Phi) is 5.35. The Morgan fingerprint density at radius 2 is 2.15 bits per heavy atom. The van der Waals surface area contributed by atoms with Gasteiger partial charge in [-0.25, -0.2) is 9.98 Å². The summed E-state index contributed by atoms with van der Waals surface area (Å²) in [6.45, 7) is 4.58. The lowest BCUT2D eigenvalue weighted by molar-refractivity contribution is 0.0650. The van der Waals surface area contributed by atoms with Crippen molar-refractivity contribution < 1.29 is 14.9 Å². The van der Waals surface area contributed by atoms with Crippen LogP contribution in [0.25, 0.3) is 10.2 Å². The van der Waals surface area contributed by atoms with E-state index in [0.717, 1.165) is 15.2 Å². The van der Waals surface area contributed by atoms with Crippen LogP contribution in [0.4, 0.5) is 0 Å². The highest BCUT2D eigenvalue weighted by molar-refractivity contribution is 7.18. The van der Waals surface area contributed by atoms with Crippen LogP contribution >= 0.6 is 11.3 Å². The minimum absolute atomic E-state index is 0.243. The molecule has 8 nitrogen and oxygen atoms in total. The Morgan fingerprint density at radius 1 is 1.37 bits per heavy atom. The first-order valence-electron chi connectivity index (χ1n) is 9.05. The van der Waals surface area contributed by atoms with E-state index in [1.54, 1.807) is 6.92 Å². The molecule has 1 aromatic carbocycles. The van der Waals surface area contributed by atoms with Gasteiger partial charge in [-0.2, -0.15) is 0 Å². The topological polar surface area (TPSA) is 103 Å². The number of morpholine rings is 1. The molecular weight excluding hydrogens is 366 g/mol. The van der Waals surface area contributed by atoms with E-state index in [2.05, 4.69) is 20.3 Å². The second kappa shape index (κ2) is 7.89. The molecule has 2 aliphatic heterocycles. The van der Waals surface area contributed by atoms with Crippen molar-refractivity contribution in [3.8, 4) is 0 Å². The van der Waals surface area contributed by atoms with Gasteiger partial charge in [0.25, 0.3) is 0 Å². The number of aromatic nitrogens is 1. The number of nitrogens with one attached hydrogen (secondary N) is 1. The maximum Gasteiger partial charge on any atom is 0.202 e. The van der Waals surface area contributed by atoms with E-state index in [1.165, 1.54) is 11.3 Å². The number of rotatable bonds is 3. The number of nitrogens with zero attached hydrogens (tertiary/aromatic N) is 4. The molecule has 3 N–H and O–H groups in total. The molecule has 27 heavy (non-hydrogen) atoms. The van der Waals surface area contributed by atoms with E-state index in [9.17, 15) is 10.2 Å². The van der Waals surface area contributed by atoms with Gasteiger partial charge in [-0.3, -0.25) is 4.99 Å². The van der Waals surface area contributed by atoms with Crippen molar-refractivity contribution in [1.29, 1.82) is 0 Å². The Balaban J connectivity index is 1.68. The maximum absolute atomic E-state index is 10.8. The van der Waals surface area contributed by atoms with Gasteiger partial charge in [0.15, 0.2) is 6.23 Å². The number of hydrogen-bond acceptors (Lipinski definition) is 8. The summed E-state index contributed by atoms with van der Waals surface area (Å²) in [5, 5.41) is 24.5. The van der Waals surface area contributed by atoms with Crippen LogP contribution in [0.5, 0.6) is 0 Å². The van der Waals surface area contributed by atoms with Gasteiger partial charge in [0.2, 0.25) is 5.96 Å². The van der Waals surface area contributed by atoms with Gasteiger partial charge in [-0.05, 0) is 19.1 Å². The fourth-order valence-corrected chi connectivity index (χ4v) is 4.23. The zero-order valence-electron chi connectivity index (χ0n) is 15.1. The monoisotopic (exact) mass is 389 g/mol. The molecule has 1 fully saturated rings. The molecule has 3 unspecified atom stereocenters. The molecule has 3 heterocycles. The number of aliphatic hydroxyl groups is 2. The third-order valence-electron chi connectivity index (χ3n) is 4.50. The second-order valence-corrected chi connectivity index (χ2v) is 7.73. The molecule has 2 aromatic rings. The van der Waals surface area contributed by atoms with Gasteiger partial charge in [-0.1, -0.05) is 12.1 Å². The lowest BCUT2D eigenvalue weighted by Crippen LogP contribution is -2.54. The summed E-state index contributed by atoms with van der Waals surface area (Å²) in [7, 11) is 0. The maximum atomic E-state index is 10.8. The zero-order valence-corrected chi connectivity index (χ0v) is 15.9. The Bertz CT molecular complexity index is 827. The molecule has 1 saturated heterocycles. The molecule has 0 bridgehead atoms. The number of hydrogen-bond donors (Lipinski definition) is 3. The highest BCUT2D eigenvalue weighted by Gasteiger charge is 2.36. The van der Waals surface area contributed by atoms with Crippen LogP contribution in [0.15, 0.2) is 34.3 Å². The smallest absolute Gasteiger partial charge is 0.202 e. The van der Waals surface area contributed by atoms with Crippen molar-refractivity contribution in [3.05, 3.63) is 29.3 Å². The highest BCUT2D eigenvalue weighted by atomic mass is 32.1. The van der Waals surface area contributed by atoms with Crippen molar-refractivity contribution in [1.82, 2.24) is 15.2 Å². The van der Waals surface area contributed by atoms with Gasteiger partial charge in [0.05, 0.1) is 36.1 Å². The van der Waals surface area contributed by atoms with E-state index < -0.39 is 18.2 Å². The molecule has 1 aromatic heterocycles. The first-order chi connectivity index (χ1) is 13.1. The van der Waals surface area contributed by atoms with Crippen LogP contribution in [0.3, 0.4) is 0 Å². The predicted molar refractivity (Wildman–Crippen MR) is 105 cm³/mol. The van der Waals surface area contributed by atoms with Gasteiger partial charge < -0.3 is 25.2 Å². The number of guanidine groups is 1. The van der Waals surface area contributed by atoms with Crippen molar-refractivity contribution >= 4 is 33.3 Å². The first-order valence-corrected chi connectivity index (χ1v) is 9.87. The molecule has 0 amide bonds. The molecule has 0 aliphatic carbocycles. The number of ether oxygens (including phenoxy) is 1. The third-order valence-corrected chi connectivity index (χ3v) is 5.62. The van der Waals surface area contributed by atoms with Crippen LogP contribution < -0.4 is 5.32 Å². The fourth-order valence-electron chi connectivity index (χ4n) is 3.14. The molecule has 9 heteroatoms. The number of aliphatic hydroxyl groups excluding tert-OH is 2. The van der Waals surface area contributed by atoms with E-state index in [-0.39, 0.29) is 6.54 Å². The molecule has 0 saturated carbocycles. The van der Waals surface area contributed by atoms with Gasteiger partial charge >= 0.3 is 0 Å². The number of fused-ring (bicyclic) bond motifs is 1. The molecule has 2 aliphatic rings. The van der Waals surface area contributed by atoms with Crippen LogP contribution in [0.2, 0.25) is 0 Å². The Labute approximate surface area is 161 Å². The van der Waals surface area contributed by atoms with Gasteiger partial charge in [0.1, 0.15) is 16.8 Å². The number of benzene rings is 1. The Morgan fingerprint density at radius 3 is 2.89 bits per heavy atom. The highest BCUT2D eigenvalue weighted by Crippen LogP contribution is 2.32. The summed E-state index contributed by atoms with van der Waals surface area (Å²) in [6, 6.07) is 7.87. The number of amidine groups is 1. The lowest BCUT2D eigenvalue weighted by atomic mass is 10.1. The van der Waals surface area contributed by atoms with Gasteiger partial charge in [-0.15, -0.1) is 11.3 Å². The number of para-hydroxylation sites is 1. The first kappa shape index (κ1) is 18.3. The normalized spacial score (nSPS) is 26.1. The van der Waals surface area contributed by atoms with E-state index in [1.807, 2.05) is 29.2 Å². The Hall–Kier alpha value is -2.07. The summed E-state index contributed by atoms with van der Waals surface area (Å²) in [6.07, 6.45) is -1.56. The molecular formula is C18H23N5O3S. The largest absolute Gasteiger partial charge is 0.391 e. The fraction of sp³-hybridized carbons (Fsp3) is 0.500. The van der Waals surface area contributed by atoms with Crippen LogP contribution in [-0.4, -0.2) is 77.1 Å². The summed E-state index contributed by atoms with van der Waals surface area (Å²) in [4.78, 5) is 15.7. The number of aliphatic imine (C=N–C) groups is 2. The van der Waals surface area contributed by atoms with E-state index in [0.29, 0.717) is 38.1 Å². The molecule has 3 atom stereocenters. The summed E-state index contributed by atoms with van der Waals surface area (Å²) >= 11 is 1.53. The van der Waals surface area contributed by atoms with Gasteiger partial charge in [0, 0.05) is 13.1 Å². The van der Waals surface area contributed by atoms with Crippen LogP contribution in [-0.2, 0) is 4.74 Å². The minimum atomic E-state index is -0.989. The average molecular weight is 389 g/mol. The van der Waals surface area contributed by atoms with E-state index in [4.69, 9.17) is 4.74 Å². The van der Waals surface area contributed by atoms with Crippen molar-refractivity contribution in [2.24, 2.45) is 9.98 Å². The van der Waals surface area contributed by atoms with Crippen LogP contribution in [0.1, 0.15) is 17.8 Å². The summed E-state index contributed by atoms with van der Waals surface area (Å²) < 4.78 is 6.44. The van der Waals surface area contributed by atoms with Crippen molar-refractivity contribution in [3.63, 3.8) is 0 Å². The summed E-state index contributed by atoms with van der Waals surface area (Å²) in [5.41, 5.74) is 0.891. The third kappa shape index (κ3) is 3.96. The predicted octanol–water partition coefficient (Wildman–Crippen LogP) is 0.769. The lowest BCUT2D eigenvalue weighted by Gasteiger charge is -2.35. The zero-order chi connectivity index (χ0) is 18.8. The molecule has 144 valence electrons. The average Bonchev–Trinajstić information content (AvgIpc) is 3.10. The second-order valence-electron chi connectivity index (χ2n) is 6.66. The van der Waals surface area contributed by atoms with Crippen LogP contribution in [0, 0.1) is 0 Å². The van der Waals surface area contributed by atoms with E-state index >= 15 is 0 Å². The van der Waals surface area contributed by atoms with Crippen molar-refractivity contribution in [2.45, 2.75) is 25.2 Å².